The number of hydrogen-bond donors (Lipinski definition) is 1. The summed E-state index contributed by atoms with van der Waals surface area (Å²) in [5.74, 6) is 0.241. The third-order valence-corrected chi connectivity index (χ3v) is 4.22. The summed E-state index contributed by atoms with van der Waals surface area (Å²) in [4.78, 5) is 25.0. The Bertz CT molecular complexity index is 836. The van der Waals surface area contributed by atoms with Gasteiger partial charge in [-0.3, -0.25) is 4.79 Å². The highest BCUT2D eigenvalue weighted by Crippen LogP contribution is 2.35. The van der Waals surface area contributed by atoms with Crippen molar-refractivity contribution in [2.45, 2.75) is 19.9 Å². The number of esters is 1. The molecule has 26 heavy (non-hydrogen) atoms. The Morgan fingerprint density at radius 1 is 1.12 bits per heavy atom. The molecule has 136 valence electrons. The number of halogens is 1. The van der Waals surface area contributed by atoms with E-state index in [0.29, 0.717) is 27.8 Å². The fourth-order valence-electron chi connectivity index (χ4n) is 2.48. The highest BCUT2D eigenvalue weighted by Gasteiger charge is 2.28. The minimum absolute atomic E-state index is 0.134. The standard InChI is InChI=1S/C19H18ClNO5/c1-11(2)17(21-18(22)13-5-3-4-6-14(13)20)19(23)26-12-7-8-15-16(9-12)25-10-24-15/h3-9,11,17H,10H2,1-2H3,(H,21,22)/t17-/m0/s1. The molecule has 0 saturated heterocycles. The second kappa shape index (κ2) is 7.66. The minimum Gasteiger partial charge on any atom is -0.454 e. The third-order valence-electron chi connectivity index (χ3n) is 3.89. The molecule has 0 aromatic heterocycles. The maximum Gasteiger partial charge on any atom is 0.334 e. The van der Waals surface area contributed by atoms with Gasteiger partial charge in [0.05, 0.1) is 10.6 Å². The summed E-state index contributed by atoms with van der Waals surface area (Å²) in [6.45, 7) is 3.77. The summed E-state index contributed by atoms with van der Waals surface area (Å²) < 4.78 is 15.9. The van der Waals surface area contributed by atoms with Gasteiger partial charge < -0.3 is 19.5 Å². The maximum atomic E-state index is 12.6. The van der Waals surface area contributed by atoms with Crippen molar-refractivity contribution in [1.29, 1.82) is 0 Å². The molecule has 1 aliphatic rings. The molecule has 1 heterocycles. The molecule has 0 aliphatic carbocycles. The van der Waals surface area contributed by atoms with Crippen molar-refractivity contribution in [2.24, 2.45) is 5.92 Å². The lowest BCUT2D eigenvalue weighted by Crippen LogP contribution is -2.46. The van der Waals surface area contributed by atoms with Crippen molar-refractivity contribution < 1.29 is 23.8 Å². The van der Waals surface area contributed by atoms with Crippen molar-refractivity contribution in [3.8, 4) is 17.2 Å². The molecular formula is C19H18ClNO5. The fourth-order valence-corrected chi connectivity index (χ4v) is 2.70. The number of carbonyl (C=O) groups is 2. The van der Waals surface area contributed by atoms with Crippen LogP contribution in [0.5, 0.6) is 17.2 Å². The monoisotopic (exact) mass is 375 g/mol. The Hall–Kier alpha value is -2.73. The highest BCUT2D eigenvalue weighted by atomic mass is 35.5. The largest absolute Gasteiger partial charge is 0.454 e. The van der Waals surface area contributed by atoms with Gasteiger partial charge >= 0.3 is 5.97 Å². The lowest BCUT2D eigenvalue weighted by atomic mass is 10.0. The average Bonchev–Trinajstić information content (AvgIpc) is 3.07. The molecule has 1 atom stereocenters. The van der Waals surface area contributed by atoms with E-state index in [1.54, 1.807) is 42.5 Å². The van der Waals surface area contributed by atoms with E-state index < -0.39 is 17.9 Å². The Kier molecular flexibility index (Phi) is 5.32. The van der Waals surface area contributed by atoms with Crippen LogP contribution in [-0.4, -0.2) is 24.7 Å². The maximum absolute atomic E-state index is 12.6. The van der Waals surface area contributed by atoms with Gasteiger partial charge in [-0.05, 0) is 30.2 Å². The van der Waals surface area contributed by atoms with Gasteiger partial charge in [0.1, 0.15) is 11.8 Å². The van der Waals surface area contributed by atoms with Gasteiger partial charge in [0.2, 0.25) is 6.79 Å². The molecule has 1 amide bonds. The van der Waals surface area contributed by atoms with Crippen molar-refractivity contribution in [1.82, 2.24) is 5.32 Å². The Labute approximate surface area is 156 Å². The van der Waals surface area contributed by atoms with Crippen LogP contribution < -0.4 is 19.5 Å². The van der Waals surface area contributed by atoms with Crippen LogP contribution in [0.1, 0.15) is 24.2 Å². The van der Waals surface area contributed by atoms with Crippen molar-refractivity contribution in [3.05, 3.63) is 53.1 Å². The lowest BCUT2D eigenvalue weighted by molar-refractivity contribution is -0.137. The minimum atomic E-state index is -0.829. The lowest BCUT2D eigenvalue weighted by Gasteiger charge is -2.21. The summed E-state index contributed by atoms with van der Waals surface area (Å²) in [5, 5.41) is 3.01. The molecule has 3 rings (SSSR count). The molecule has 1 N–H and O–H groups in total. The second-order valence-electron chi connectivity index (χ2n) is 6.11. The zero-order valence-electron chi connectivity index (χ0n) is 14.3. The number of carbonyl (C=O) groups excluding carboxylic acids is 2. The zero-order valence-corrected chi connectivity index (χ0v) is 15.1. The topological polar surface area (TPSA) is 73.9 Å². The van der Waals surface area contributed by atoms with Crippen LogP contribution in [0.4, 0.5) is 0 Å². The summed E-state index contributed by atoms with van der Waals surface area (Å²) in [5.41, 5.74) is 0.302. The van der Waals surface area contributed by atoms with E-state index in [2.05, 4.69) is 5.32 Å². The van der Waals surface area contributed by atoms with Gasteiger partial charge in [0, 0.05) is 6.07 Å². The van der Waals surface area contributed by atoms with Gasteiger partial charge in [0.25, 0.3) is 5.91 Å². The van der Waals surface area contributed by atoms with E-state index >= 15 is 0 Å². The number of rotatable bonds is 5. The molecule has 2 aromatic rings. The summed E-state index contributed by atoms with van der Waals surface area (Å²) in [7, 11) is 0. The van der Waals surface area contributed by atoms with E-state index in [0.717, 1.165) is 0 Å². The van der Waals surface area contributed by atoms with Crippen LogP contribution in [-0.2, 0) is 4.79 Å². The fraction of sp³-hybridized carbons (Fsp3) is 0.263. The highest BCUT2D eigenvalue weighted by molar-refractivity contribution is 6.33. The second-order valence-corrected chi connectivity index (χ2v) is 6.52. The van der Waals surface area contributed by atoms with E-state index in [4.69, 9.17) is 25.8 Å². The number of ether oxygens (including phenoxy) is 3. The van der Waals surface area contributed by atoms with Gasteiger partial charge in [-0.1, -0.05) is 37.6 Å². The molecule has 0 fully saturated rings. The van der Waals surface area contributed by atoms with Crippen LogP contribution >= 0.6 is 11.6 Å². The Morgan fingerprint density at radius 3 is 2.58 bits per heavy atom. The van der Waals surface area contributed by atoms with Crippen molar-refractivity contribution in [3.63, 3.8) is 0 Å². The van der Waals surface area contributed by atoms with Gasteiger partial charge in [-0.25, -0.2) is 4.79 Å². The van der Waals surface area contributed by atoms with Crippen LogP contribution in [0.25, 0.3) is 0 Å². The summed E-state index contributed by atoms with van der Waals surface area (Å²) >= 11 is 6.04. The predicted molar refractivity (Wildman–Crippen MR) is 95.7 cm³/mol. The third kappa shape index (κ3) is 3.91. The molecule has 0 bridgehead atoms. The SMILES string of the molecule is CC(C)[C@H](NC(=O)c1ccccc1Cl)C(=O)Oc1ccc2c(c1)OCO2. The number of fused-ring (bicyclic) bond motifs is 1. The van der Waals surface area contributed by atoms with Gasteiger partial charge in [0.15, 0.2) is 11.5 Å². The van der Waals surface area contributed by atoms with Gasteiger partial charge in [-0.15, -0.1) is 0 Å². The normalized spacial score (nSPS) is 13.4. The smallest absolute Gasteiger partial charge is 0.334 e. The molecule has 0 unspecified atom stereocenters. The van der Waals surface area contributed by atoms with Crippen LogP contribution in [0.3, 0.4) is 0 Å². The quantitative estimate of drug-likeness (QED) is 0.640. The first-order chi connectivity index (χ1) is 12.5. The summed E-state index contributed by atoms with van der Waals surface area (Å²) in [6.07, 6.45) is 0. The first-order valence-electron chi connectivity index (χ1n) is 8.12. The number of hydrogen-bond acceptors (Lipinski definition) is 5. The molecule has 0 saturated carbocycles. The Balaban J connectivity index is 1.72. The van der Waals surface area contributed by atoms with E-state index in [9.17, 15) is 9.59 Å². The van der Waals surface area contributed by atoms with Crippen LogP contribution in [0.2, 0.25) is 5.02 Å². The molecule has 0 radical (unpaired) electrons. The number of benzene rings is 2. The predicted octanol–water partition coefficient (Wildman–Crippen LogP) is 3.43. The van der Waals surface area contributed by atoms with Gasteiger partial charge in [-0.2, -0.15) is 0 Å². The Morgan fingerprint density at radius 2 is 1.85 bits per heavy atom. The molecule has 6 nitrogen and oxygen atoms in total. The molecule has 2 aromatic carbocycles. The molecule has 7 heteroatoms. The van der Waals surface area contributed by atoms with Crippen molar-refractivity contribution in [2.75, 3.05) is 6.79 Å². The number of nitrogens with one attached hydrogen (secondary N) is 1. The van der Waals surface area contributed by atoms with Crippen molar-refractivity contribution >= 4 is 23.5 Å². The van der Waals surface area contributed by atoms with E-state index in [1.807, 2.05) is 13.8 Å². The van der Waals surface area contributed by atoms with E-state index in [1.165, 1.54) is 0 Å². The van der Waals surface area contributed by atoms with Crippen LogP contribution in [0, 0.1) is 5.92 Å². The average molecular weight is 376 g/mol. The first-order valence-corrected chi connectivity index (χ1v) is 8.50. The summed E-state index contributed by atoms with van der Waals surface area (Å²) in [6, 6.07) is 10.7. The number of amides is 1. The molecular weight excluding hydrogens is 358 g/mol. The van der Waals surface area contributed by atoms with Crippen LogP contribution in [0.15, 0.2) is 42.5 Å². The molecule has 0 spiro atoms. The first kappa shape index (κ1) is 18.1. The zero-order chi connectivity index (χ0) is 18.7. The van der Waals surface area contributed by atoms with E-state index in [-0.39, 0.29) is 12.7 Å². The molecule has 1 aliphatic heterocycles.